The average molecular weight is 565 g/mol. The molecule has 0 spiro atoms. The van der Waals surface area contributed by atoms with Crippen molar-refractivity contribution < 1.29 is 38.9 Å². The second-order valence-electron chi connectivity index (χ2n) is 10.0. The number of ketones is 2. The Balaban J connectivity index is 1.34. The maximum absolute atomic E-state index is 13.1. The topological polar surface area (TPSA) is 127 Å². The fourth-order valence-electron chi connectivity index (χ4n) is 4.71. The van der Waals surface area contributed by atoms with E-state index in [1.165, 1.54) is 18.2 Å². The number of benzene rings is 4. The lowest BCUT2D eigenvalue weighted by atomic mass is 9.95. The van der Waals surface area contributed by atoms with E-state index in [9.17, 15) is 29.4 Å². The van der Waals surface area contributed by atoms with Crippen LogP contribution >= 0.6 is 0 Å². The van der Waals surface area contributed by atoms with Crippen LogP contribution in [0, 0.1) is 5.92 Å². The molecule has 5 rings (SSSR count). The van der Waals surface area contributed by atoms with Crippen molar-refractivity contribution in [2.45, 2.75) is 32.6 Å². The SMILES string of the molecule is CCCC(=O)c1cccc(Oc2ccc(-c3ccc(Oc4cccc(C(=O)O)c4C(=O)O)cc3)cc2)c1C(=O)C1CC1. The molecule has 0 aliphatic heterocycles. The number of aromatic carboxylic acids is 2. The maximum Gasteiger partial charge on any atom is 0.340 e. The lowest BCUT2D eigenvalue weighted by molar-refractivity contribution is 0.0649. The Hall–Kier alpha value is -5.24. The van der Waals surface area contributed by atoms with Gasteiger partial charge in [-0.3, -0.25) is 9.59 Å². The van der Waals surface area contributed by atoms with E-state index in [4.69, 9.17) is 9.47 Å². The first-order valence-electron chi connectivity index (χ1n) is 13.6. The number of Topliss-reactive ketones (excluding diaryl/α,β-unsaturated/α-hetero) is 2. The number of ether oxygens (including phenoxy) is 2. The number of carboxylic acids is 2. The average Bonchev–Trinajstić information content (AvgIpc) is 3.83. The smallest absolute Gasteiger partial charge is 0.340 e. The summed E-state index contributed by atoms with van der Waals surface area (Å²) in [5.41, 5.74) is 1.71. The standard InChI is InChI=1S/C34H28O8/c1-2-5-27(35)25-6-3-8-28(30(25)32(36)22-10-11-22)41-23-16-12-20(13-17-23)21-14-18-24(19-15-21)42-29-9-4-7-26(33(37)38)31(29)34(39)40/h3-4,6-9,12-19,22H,2,5,10-11H2,1H3,(H,37,38)(H,39,40). The van der Waals surface area contributed by atoms with Crippen LogP contribution in [-0.2, 0) is 0 Å². The van der Waals surface area contributed by atoms with E-state index in [1.54, 1.807) is 54.6 Å². The van der Waals surface area contributed by atoms with Crippen molar-refractivity contribution in [1.82, 2.24) is 0 Å². The van der Waals surface area contributed by atoms with E-state index in [0.717, 1.165) is 24.0 Å². The van der Waals surface area contributed by atoms with E-state index >= 15 is 0 Å². The van der Waals surface area contributed by atoms with Crippen molar-refractivity contribution in [2.75, 3.05) is 0 Å². The Labute approximate surface area is 242 Å². The molecule has 0 aromatic heterocycles. The van der Waals surface area contributed by atoms with Crippen molar-refractivity contribution in [3.05, 3.63) is 107 Å². The molecule has 2 N–H and O–H groups in total. The largest absolute Gasteiger partial charge is 0.478 e. The summed E-state index contributed by atoms with van der Waals surface area (Å²) < 4.78 is 11.8. The third-order valence-electron chi connectivity index (χ3n) is 6.97. The molecule has 1 aliphatic carbocycles. The lowest BCUT2D eigenvalue weighted by Crippen LogP contribution is -2.12. The summed E-state index contributed by atoms with van der Waals surface area (Å²) in [7, 11) is 0. The number of carboxylic acid groups (broad SMARTS) is 2. The van der Waals surface area contributed by atoms with Crippen molar-refractivity contribution in [3.63, 3.8) is 0 Å². The highest BCUT2D eigenvalue weighted by atomic mass is 16.5. The first-order valence-corrected chi connectivity index (χ1v) is 13.6. The Morgan fingerprint density at radius 2 is 1.17 bits per heavy atom. The van der Waals surface area contributed by atoms with Crippen LogP contribution in [0.2, 0.25) is 0 Å². The minimum absolute atomic E-state index is 0.0471. The van der Waals surface area contributed by atoms with Gasteiger partial charge in [-0.25, -0.2) is 9.59 Å². The summed E-state index contributed by atoms with van der Waals surface area (Å²) in [6.45, 7) is 1.93. The Morgan fingerprint density at radius 1 is 0.667 bits per heavy atom. The minimum Gasteiger partial charge on any atom is -0.478 e. The third kappa shape index (κ3) is 6.07. The summed E-state index contributed by atoms with van der Waals surface area (Å²) in [6, 6.07) is 23.4. The summed E-state index contributed by atoms with van der Waals surface area (Å²) in [4.78, 5) is 49.0. The van der Waals surface area contributed by atoms with Crippen molar-refractivity contribution in [1.29, 1.82) is 0 Å². The van der Waals surface area contributed by atoms with Crippen LogP contribution < -0.4 is 9.47 Å². The molecule has 0 bridgehead atoms. The number of carbonyl (C=O) groups excluding carboxylic acids is 2. The van der Waals surface area contributed by atoms with E-state index in [-0.39, 0.29) is 28.8 Å². The Bertz CT molecular complexity index is 1670. The van der Waals surface area contributed by atoms with Gasteiger partial charge in [-0.05, 0) is 72.9 Å². The van der Waals surface area contributed by atoms with E-state index in [2.05, 4.69) is 0 Å². The molecule has 1 saturated carbocycles. The van der Waals surface area contributed by atoms with Crippen LogP contribution in [0.5, 0.6) is 23.0 Å². The lowest BCUT2D eigenvalue weighted by Gasteiger charge is -2.14. The molecule has 1 fully saturated rings. The number of rotatable bonds is 12. The predicted molar refractivity (Wildman–Crippen MR) is 155 cm³/mol. The van der Waals surface area contributed by atoms with Gasteiger partial charge in [0, 0.05) is 17.9 Å². The zero-order chi connectivity index (χ0) is 29.8. The van der Waals surface area contributed by atoms with Gasteiger partial charge in [-0.15, -0.1) is 0 Å². The second kappa shape index (κ2) is 12.1. The molecule has 0 atom stereocenters. The summed E-state index contributed by atoms with van der Waals surface area (Å²) in [5.74, 6) is -1.77. The molecule has 0 amide bonds. The first kappa shape index (κ1) is 28.3. The van der Waals surface area contributed by atoms with Gasteiger partial charge in [0.15, 0.2) is 11.6 Å². The molecule has 0 unspecified atom stereocenters. The zero-order valence-corrected chi connectivity index (χ0v) is 22.8. The molecule has 8 heteroatoms. The van der Waals surface area contributed by atoms with Crippen LogP contribution in [-0.4, -0.2) is 33.7 Å². The minimum atomic E-state index is -1.40. The quantitative estimate of drug-likeness (QED) is 0.166. The fraction of sp³-hybridized carbons (Fsp3) is 0.176. The molecule has 0 radical (unpaired) electrons. The molecular weight excluding hydrogens is 536 g/mol. The van der Waals surface area contributed by atoms with Gasteiger partial charge in [-0.1, -0.05) is 49.4 Å². The van der Waals surface area contributed by atoms with Crippen molar-refractivity contribution in [3.8, 4) is 34.1 Å². The van der Waals surface area contributed by atoms with E-state index in [1.807, 2.05) is 19.1 Å². The fourth-order valence-corrected chi connectivity index (χ4v) is 4.71. The highest BCUT2D eigenvalue weighted by Crippen LogP contribution is 2.39. The van der Waals surface area contributed by atoms with Gasteiger partial charge in [0.25, 0.3) is 0 Å². The number of carbonyl (C=O) groups is 4. The van der Waals surface area contributed by atoms with Crippen molar-refractivity contribution in [2.24, 2.45) is 5.92 Å². The molecule has 0 saturated heterocycles. The molecule has 42 heavy (non-hydrogen) atoms. The summed E-state index contributed by atoms with van der Waals surface area (Å²) in [6.07, 6.45) is 2.70. The third-order valence-corrected chi connectivity index (χ3v) is 6.97. The summed E-state index contributed by atoms with van der Waals surface area (Å²) in [5, 5.41) is 18.9. The second-order valence-corrected chi connectivity index (χ2v) is 10.0. The Kier molecular flexibility index (Phi) is 8.15. The molecule has 0 heterocycles. The van der Waals surface area contributed by atoms with E-state index < -0.39 is 17.5 Å². The van der Waals surface area contributed by atoms with Gasteiger partial charge in [0.2, 0.25) is 0 Å². The highest BCUT2D eigenvalue weighted by Gasteiger charge is 2.34. The highest BCUT2D eigenvalue weighted by molar-refractivity contribution is 6.12. The zero-order valence-electron chi connectivity index (χ0n) is 22.8. The first-order chi connectivity index (χ1) is 20.3. The summed E-state index contributed by atoms with van der Waals surface area (Å²) >= 11 is 0. The normalized spacial score (nSPS) is 12.4. The predicted octanol–water partition coefficient (Wildman–Crippen LogP) is 7.91. The number of hydrogen-bond acceptors (Lipinski definition) is 6. The van der Waals surface area contributed by atoms with Gasteiger partial charge in [0.05, 0.1) is 11.1 Å². The maximum atomic E-state index is 13.1. The number of hydrogen-bond donors (Lipinski definition) is 2. The van der Waals surface area contributed by atoms with E-state index in [0.29, 0.717) is 41.2 Å². The van der Waals surface area contributed by atoms with Crippen molar-refractivity contribution >= 4 is 23.5 Å². The van der Waals surface area contributed by atoms with Crippen LogP contribution in [0.3, 0.4) is 0 Å². The molecular formula is C34H28O8. The van der Waals surface area contributed by atoms with Gasteiger partial charge in [-0.2, -0.15) is 0 Å². The van der Waals surface area contributed by atoms with Gasteiger partial charge >= 0.3 is 11.9 Å². The van der Waals surface area contributed by atoms with Gasteiger partial charge < -0.3 is 19.7 Å². The molecule has 1 aliphatic rings. The molecule has 4 aromatic carbocycles. The van der Waals surface area contributed by atoms with Crippen LogP contribution in [0.15, 0.2) is 84.9 Å². The van der Waals surface area contributed by atoms with Crippen LogP contribution in [0.25, 0.3) is 11.1 Å². The molecule has 212 valence electrons. The van der Waals surface area contributed by atoms with Crippen LogP contribution in [0.1, 0.15) is 74.0 Å². The van der Waals surface area contributed by atoms with Crippen LogP contribution in [0.4, 0.5) is 0 Å². The molecule has 8 nitrogen and oxygen atoms in total. The van der Waals surface area contributed by atoms with Gasteiger partial charge in [0.1, 0.15) is 28.6 Å². The molecule has 4 aromatic rings. The monoisotopic (exact) mass is 564 g/mol. The Morgan fingerprint density at radius 3 is 1.62 bits per heavy atom.